The lowest BCUT2D eigenvalue weighted by Crippen LogP contribution is -2.37. The maximum atomic E-state index is 12.5. The number of nitrogens with one attached hydrogen (secondary N) is 1. The van der Waals surface area contributed by atoms with Crippen molar-refractivity contribution >= 4 is 17.5 Å². The first-order valence-corrected chi connectivity index (χ1v) is 8.26. The number of hydrogen-bond donors (Lipinski definition) is 2. The topological polar surface area (TPSA) is 84.9 Å². The molecular formula is C19H23NO5. The van der Waals surface area contributed by atoms with Crippen LogP contribution in [0.3, 0.4) is 0 Å². The number of benzene rings is 1. The van der Waals surface area contributed by atoms with Crippen LogP contribution in [0.1, 0.15) is 33.3 Å². The number of carbonyl (C=O) groups is 2. The van der Waals surface area contributed by atoms with Crippen molar-refractivity contribution in [2.24, 2.45) is 0 Å². The molecule has 1 atom stereocenters. The fourth-order valence-corrected chi connectivity index (χ4v) is 2.88. The molecule has 25 heavy (non-hydrogen) atoms. The number of rotatable bonds is 5. The summed E-state index contributed by atoms with van der Waals surface area (Å²) in [6.45, 7) is 7.51. The van der Waals surface area contributed by atoms with Gasteiger partial charge in [-0.25, -0.2) is 9.59 Å². The van der Waals surface area contributed by atoms with Crippen LogP contribution >= 0.6 is 0 Å². The standard InChI is InChI=1S/C19H23NO5/c1-5-24-18(22)15-11(3)20-12(4)16(19(23)25-6-2)17(15)13-7-9-14(21)10-8-13/h7-11,20-21H,5-6H2,1-4H3. The molecule has 0 amide bonds. The molecule has 134 valence electrons. The summed E-state index contributed by atoms with van der Waals surface area (Å²) >= 11 is 0. The highest BCUT2D eigenvalue weighted by atomic mass is 16.5. The number of aromatic hydroxyl groups is 1. The number of allylic oxidation sites excluding steroid dienone is 1. The SMILES string of the molecule is CCOC(=O)C1=C(C)NC(C)C(C(=O)OCC)=C1c1ccc(O)cc1. The molecule has 2 rings (SSSR count). The highest BCUT2D eigenvalue weighted by Crippen LogP contribution is 2.35. The van der Waals surface area contributed by atoms with Crippen molar-refractivity contribution in [1.82, 2.24) is 5.32 Å². The van der Waals surface area contributed by atoms with E-state index >= 15 is 0 Å². The zero-order valence-electron chi connectivity index (χ0n) is 14.9. The third-order valence-electron chi connectivity index (χ3n) is 3.89. The molecule has 1 aliphatic heterocycles. The molecule has 0 radical (unpaired) electrons. The first-order valence-electron chi connectivity index (χ1n) is 8.26. The first kappa shape index (κ1) is 18.6. The third-order valence-corrected chi connectivity index (χ3v) is 3.89. The van der Waals surface area contributed by atoms with Gasteiger partial charge in [-0.3, -0.25) is 0 Å². The van der Waals surface area contributed by atoms with Crippen molar-refractivity contribution in [2.75, 3.05) is 13.2 Å². The van der Waals surface area contributed by atoms with Crippen LogP contribution in [0.4, 0.5) is 0 Å². The van der Waals surface area contributed by atoms with Crippen molar-refractivity contribution in [2.45, 2.75) is 33.7 Å². The molecule has 0 saturated heterocycles. The van der Waals surface area contributed by atoms with Crippen molar-refractivity contribution < 1.29 is 24.2 Å². The predicted molar refractivity (Wildman–Crippen MR) is 93.6 cm³/mol. The number of ether oxygens (including phenoxy) is 2. The Morgan fingerprint density at radius 3 is 2.20 bits per heavy atom. The van der Waals surface area contributed by atoms with E-state index in [-0.39, 0.29) is 25.0 Å². The summed E-state index contributed by atoms with van der Waals surface area (Å²) in [6.07, 6.45) is 0. The summed E-state index contributed by atoms with van der Waals surface area (Å²) in [5, 5.41) is 12.7. The normalized spacial score (nSPS) is 17.2. The van der Waals surface area contributed by atoms with Gasteiger partial charge >= 0.3 is 11.9 Å². The molecule has 1 heterocycles. The van der Waals surface area contributed by atoms with Gasteiger partial charge < -0.3 is 19.9 Å². The molecule has 0 fully saturated rings. The van der Waals surface area contributed by atoms with Gasteiger partial charge in [-0.05, 0) is 45.4 Å². The van der Waals surface area contributed by atoms with Crippen LogP contribution in [0.25, 0.3) is 5.57 Å². The number of carbonyl (C=O) groups excluding carboxylic acids is 2. The molecule has 0 aromatic heterocycles. The van der Waals surface area contributed by atoms with Crippen LogP contribution in [-0.2, 0) is 19.1 Å². The van der Waals surface area contributed by atoms with Gasteiger partial charge in [0.15, 0.2) is 0 Å². The summed E-state index contributed by atoms with van der Waals surface area (Å²) in [5.41, 5.74) is 2.40. The minimum Gasteiger partial charge on any atom is -0.508 e. The summed E-state index contributed by atoms with van der Waals surface area (Å²) in [5.74, 6) is -0.897. The Hall–Kier alpha value is -2.76. The van der Waals surface area contributed by atoms with Gasteiger partial charge in [-0.2, -0.15) is 0 Å². The average Bonchev–Trinajstić information content (AvgIpc) is 2.55. The molecular weight excluding hydrogens is 322 g/mol. The molecule has 0 bridgehead atoms. The summed E-state index contributed by atoms with van der Waals surface area (Å²) < 4.78 is 10.4. The molecule has 6 heteroatoms. The Morgan fingerprint density at radius 1 is 1.08 bits per heavy atom. The second-order valence-electron chi connectivity index (χ2n) is 5.64. The van der Waals surface area contributed by atoms with E-state index in [0.717, 1.165) is 0 Å². The average molecular weight is 345 g/mol. The Kier molecular flexibility index (Phi) is 5.85. The first-order chi connectivity index (χ1) is 11.9. The Bertz CT molecular complexity index is 731. The zero-order valence-corrected chi connectivity index (χ0v) is 14.9. The minimum atomic E-state index is -0.510. The predicted octanol–water partition coefficient (Wildman–Crippen LogP) is 2.54. The van der Waals surface area contributed by atoms with Gasteiger partial charge in [-0.15, -0.1) is 0 Å². The molecule has 0 aliphatic carbocycles. The molecule has 1 aromatic carbocycles. The fraction of sp³-hybridized carbons (Fsp3) is 0.368. The maximum absolute atomic E-state index is 12.5. The Balaban J connectivity index is 2.71. The maximum Gasteiger partial charge on any atom is 0.340 e. The van der Waals surface area contributed by atoms with Gasteiger partial charge in [0, 0.05) is 11.3 Å². The van der Waals surface area contributed by atoms with Crippen molar-refractivity contribution in [3.63, 3.8) is 0 Å². The van der Waals surface area contributed by atoms with Gasteiger partial charge in [0.25, 0.3) is 0 Å². The number of esters is 2. The quantitative estimate of drug-likeness (QED) is 0.798. The van der Waals surface area contributed by atoms with Crippen LogP contribution in [0, 0.1) is 0 Å². The number of dihydropyridines is 1. The van der Waals surface area contributed by atoms with Gasteiger partial charge in [0.05, 0.1) is 30.4 Å². The third kappa shape index (κ3) is 3.84. The zero-order chi connectivity index (χ0) is 18.6. The number of phenols is 1. The minimum absolute atomic E-state index is 0.0994. The van der Waals surface area contributed by atoms with E-state index in [1.165, 1.54) is 12.1 Å². The van der Waals surface area contributed by atoms with Crippen LogP contribution in [0.15, 0.2) is 41.1 Å². The summed E-state index contributed by atoms with van der Waals surface area (Å²) in [6, 6.07) is 6.01. The number of phenolic OH excluding ortho intramolecular Hbond substituents is 1. The highest BCUT2D eigenvalue weighted by molar-refractivity contribution is 6.14. The second-order valence-corrected chi connectivity index (χ2v) is 5.64. The molecule has 6 nitrogen and oxygen atoms in total. The smallest absolute Gasteiger partial charge is 0.340 e. The van der Waals surface area contributed by atoms with E-state index in [4.69, 9.17) is 9.47 Å². The van der Waals surface area contributed by atoms with E-state index in [1.807, 2.05) is 6.92 Å². The van der Waals surface area contributed by atoms with E-state index in [9.17, 15) is 14.7 Å². The van der Waals surface area contributed by atoms with E-state index < -0.39 is 11.9 Å². The summed E-state index contributed by atoms with van der Waals surface area (Å²) in [7, 11) is 0. The lowest BCUT2D eigenvalue weighted by atomic mass is 9.85. The molecule has 2 N–H and O–H groups in total. The van der Waals surface area contributed by atoms with Gasteiger partial charge in [0.1, 0.15) is 5.75 Å². The van der Waals surface area contributed by atoms with Crippen LogP contribution < -0.4 is 5.32 Å². The van der Waals surface area contributed by atoms with Crippen LogP contribution in [0.2, 0.25) is 0 Å². The molecule has 1 aromatic rings. The van der Waals surface area contributed by atoms with Gasteiger partial charge in [-0.1, -0.05) is 12.1 Å². The van der Waals surface area contributed by atoms with E-state index in [2.05, 4.69) is 5.32 Å². The van der Waals surface area contributed by atoms with E-state index in [1.54, 1.807) is 32.9 Å². The van der Waals surface area contributed by atoms with Crippen molar-refractivity contribution in [3.05, 3.63) is 46.7 Å². The molecule has 1 aliphatic rings. The lowest BCUT2D eigenvalue weighted by Gasteiger charge is -2.29. The molecule has 0 spiro atoms. The summed E-state index contributed by atoms with van der Waals surface area (Å²) in [4.78, 5) is 25.1. The Morgan fingerprint density at radius 2 is 1.64 bits per heavy atom. The lowest BCUT2D eigenvalue weighted by molar-refractivity contribution is -0.138. The highest BCUT2D eigenvalue weighted by Gasteiger charge is 2.34. The second kappa shape index (κ2) is 7.88. The Labute approximate surface area is 147 Å². The molecule has 1 unspecified atom stereocenters. The van der Waals surface area contributed by atoms with Crippen molar-refractivity contribution in [1.29, 1.82) is 0 Å². The largest absolute Gasteiger partial charge is 0.508 e. The molecule has 0 saturated carbocycles. The van der Waals surface area contributed by atoms with Crippen LogP contribution in [0.5, 0.6) is 5.75 Å². The monoisotopic (exact) mass is 345 g/mol. The van der Waals surface area contributed by atoms with Gasteiger partial charge in [0.2, 0.25) is 0 Å². The number of hydrogen-bond acceptors (Lipinski definition) is 6. The fourth-order valence-electron chi connectivity index (χ4n) is 2.88. The van der Waals surface area contributed by atoms with E-state index in [0.29, 0.717) is 28.0 Å². The van der Waals surface area contributed by atoms with Crippen molar-refractivity contribution in [3.8, 4) is 5.75 Å². The van der Waals surface area contributed by atoms with Crippen LogP contribution in [-0.4, -0.2) is 36.3 Å².